The fourth-order valence-electron chi connectivity index (χ4n) is 4.30. The lowest BCUT2D eigenvalue weighted by Crippen LogP contribution is -2.53. The molecule has 1 atom stereocenters. The van der Waals surface area contributed by atoms with E-state index in [-0.39, 0.29) is 30.4 Å². The minimum atomic E-state index is -5.08. The van der Waals surface area contributed by atoms with Gasteiger partial charge < -0.3 is 15.3 Å². The monoisotopic (exact) mass is 522 g/mol. The zero-order valence-electron chi connectivity index (χ0n) is 19.5. The minimum absolute atomic E-state index is 0.0756. The maximum atomic E-state index is 12.4. The Balaban J connectivity index is 0.000000540. The highest BCUT2D eigenvalue weighted by Crippen LogP contribution is 2.21. The fraction of sp³-hybridized carbons (Fsp3) is 0.810. The number of likely N-dealkylation sites (tertiary alicyclic amines) is 1. The lowest BCUT2D eigenvalue weighted by Gasteiger charge is -2.36. The van der Waals surface area contributed by atoms with E-state index >= 15 is 0 Å². The van der Waals surface area contributed by atoms with E-state index in [9.17, 15) is 22.8 Å². The largest absolute Gasteiger partial charge is 0.490 e. The number of nitrogens with one attached hydrogen (secondary N) is 1. The van der Waals surface area contributed by atoms with Gasteiger partial charge >= 0.3 is 12.1 Å². The van der Waals surface area contributed by atoms with Crippen molar-refractivity contribution in [1.82, 2.24) is 20.1 Å². The first-order chi connectivity index (χ1) is 16.5. The molecule has 14 heteroatoms. The fourth-order valence-corrected chi connectivity index (χ4v) is 5.41. The van der Waals surface area contributed by atoms with Crippen molar-refractivity contribution in [2.75, 3.05) is 37.8 Å². The third-order valence-corrected chi connectivity index (χ3v) is 7.29. The highest BCUT2D eigenvalue weighted by atomic mass is 32.2. The first-order valence-corrected chi connectivity index (χ1v) is 12.8. The second-order valence-electron chi connectivity index (χ2n) is 8.89. The molecule has 198 valence electrons. The van der Waals surface area contributed by atoms with Gasteiger partial charge in [0.25, 0.3) is 0 Å². The number of piperidine rings is 1. The van der Waals surface area contributed by atoms with E-state index < -0.39 is 12.1 Å². The van der Waals surface area contributed by atoms with E-state index in [2.05, 4.69) is 16.3 Å². The quantitative estimate of drug-likeness (QED) is 0.346. The molecule has 3 aliphatic rings. The summed E-state index contributed by atoms with van der Waals surface area (Å²) in [5.74, 6) is 4.71. The van der Waals surface area contributed by atoms with Crippen molar-refractivity contribution in [3.63, 3.8) is 0 Å². The number of hydrogen-bond donors (Lipinski definition) is 3. The highest BCUT2D eigenvalue weighted by molar-refractivity contribution is 7.99. The molecule has 2 aliphatic heterocycles. The van der Waals surface area contributed by atoms with E-state index in [0.29, 0.717) is 24.2 Å². The van der Waals surface area contributed by atoms with E-state index in [1.54, 1.807) is 21.7 Å². The SMILES string of the molecule is N#C[C@@H]1CSCN1C(=O)CN(N)C1CCN(CC(=O)NC2CCCCC2)CC1.O=C(O)C(F)(F)F. The molecule has 3 fully saturated rings. The smallest absolute Gasteiger partial charge is 0.475 e. The van der Waals surface area contributed by atoms with Crippen LogP contribution in [-0.2, 0) is 14.4 Å². The van der Waals surface area contributed by atoms with Gasteiger partial charge in [-0.05, 0) is 25.7 Å². The second kappa shape index (κ2) is 13.9. The molecule has 2 saturated heterocycles. The molecule has 3 rings (SSSR count). The van der Waals surface area contributed by atoms with Crippen molar-refractivity contribution in [3.8, 4) is 6.07 Å². The maximum absolute atomic E-state index is 12.4. The van der Waals surface area contributed by atoms with E-state index in [1.165, 1.54) is 19.3 Å². The summed E-state index contributed by atoms with van der Waals surface area (Å²) in [5, 5.41) is 21.1. The third kappa shape index (κ3) is 9.83. The number of carboxylic acid groups (broad SMARTS) is 1. The van der Waals surface area contributed by atoms with Crippen molar-refractivity contribution in [2.24, 2.45) is 5.84 Å². The summed E-state index contributed by atoms with van der Waals surface area (Å²) in [5.41, 5.74) is 0. The van der Waals surface area contributed by atoms with Gasteiger partial charge in [0.1, 0.15) is 6.04 Å². The molecule has 0 unspecified atom stereocenters. The molecular formula is C21H33F3N6O4S. The number of rotatable bonds is 6. The van der Waals surface area contributed by atoms with Crippen LogP contribution in [0.4, 0.5) is 13.2 Å². The summed E-state index contributed by atoms with van der Waals surface area (Å²) in [6, 6.07) is 2.33. The molecule has 0 aromatic rings. The van der Waals surface area contributed by atoms with Gasteiger partial charge in [0.15, 0.2) is 0 Å². The predicted octanol–water partition coefficient (Wildman–Crippen LogP) is 1.13. The Bertz CT molecular complexity index is 767. The summed E-state index contributed by atoms with van der Waals surface area (Å²) in [6.45, 7) is 2.21. The molecule has 4 N–H and O–H groups in total. The van der Waals surface area contributed by atoms with Crippen LogP contribution in [0.2, 0.25) is 0 Å². The van der Waals surface area contributed by atoms with E-state index in [1.807, 2.05) is 0 Å². The number of amides is 2. The topological polar surface area (TPSA) is 143 Å². The van der Waals surface area contributed by atoms with Gasteiger partial charge in [0.05, 0.1) is 25.0 Å². The number of carboxylic acids is 1. The number of hydrazine groups is 1. The van der Waals surface area contributed by atoms with Crippen molar-refractivity contribution >= 4 is 29.5 Å². The molecule has 1 aliphatic carbocycles. The first kappa shape index (κ1) is 29.2. The number of alkyl halides is 3. The van der Waals surface area contributed by atoms with Crippen molar-refractivity contribution < 1.29 is 32.7 Å². The van der Waals surface area contributed by atoms with Crippen LogP contribution < -0.4 is 11.2 Å². The van der Waals surface area contributed by atoms with Gasteiger partial charge in [-0.3, -0.25) is 20.3 Å². The molecule has 0 radical (unpaired) electrons. The average Bonchev–Trinajstić information content (AvgIpc) is 3.29. The molecule has 0 aromatic heterocycles. The van der Waals surface area contributed by atoms with Crippen LogP contribution in [0.1, 0.15) is 44.9 Å². The van der Waals surface area contributed by atoms with Crippen LogP contribution in [0.25, 0.3) is 0 Å². The molecule has 0 spiro atoms. The summed E-state index contributed by atoms with van der Waals surface area (Å²) in [4.78, 5) is 37.4. The van der Waals surface area contributed by atoms with Gasteiger partial charge in [-0.1, -0.05) is 19.3 Å². The first-order valence-electron chi connectivity index (χ1n) is 11.6. The van der Waals surface area contributed by atoms with Gasteiger partial charge in [0, 0.05) is 30.9 Å². The number of nitriles is 1. The zero-order chi connectivity index (χ0) is 26.0. The Morgan fingerprint density at radius 1 is 1.14 bits per heavy atom. The van der Waals surface area contributed by atoms with Crippen LogP contribution in [0.5, 0.6) is 0 Å². The number of nitrogens with two attached hydrogens (primary N) is 1. The van der Waals surface area contributed by atoms with E-state index in [4.69, 9.17) is 21.0 Å². The lowest BCUT2D eigenvalue weighted by molar-refractivity contribution is -0.192. The van der Waals surface area contributed by atoms with Crippen molar-refractivity contribution in [3.05, 3.63) is 0 Å². The van der Waals surface area contributed by atoms with Gasteiger partial charge in [-0.15, -0.1) is 11.8 Å². The van der Waals surface area contributed by atoms with Gasteiger partial charge in [-0.2, -0.15) is 18.4 Å². The summed E-state index contributed by atoms with van der Waals surface area (Å²) in [6.07, 6.45) is 2.52. The zero-order valence-corrected chi connectivity index (χ0v) is 20.3. The van der Waals surface area contributed by atoms with Crippen LogP contribution in [-0.4, -0.2) is 99.8 Å². The Labute approximate surface area is 206 Å². The highest BCUT2D eigenvalue weighted by Gasteiger charge is 2.38. The Morgan fingerprint density at radius 3 is 2.29 bits per heavy atom. The number of nitrogens with zero attached hydrogens (tertiary/aromatic N) is 4. The molecule has 2 amide bonds. The molecule has 0 aromatic carbocycles. The average molecular weight is 523 g/mol. The Kier molecular flexibility index (Phi) is 11.5. The number of halogens is 3. The van der Waals surface area contributed by atoms with Gasteiger partial charge in [0.2, 0.25) is 11.8 Å². The number of carbonyl (C=O) groups is 3. The number of carbonyl (C=O) groups excluding carboxylic acids is 2. The second-order valence-corrected chi connectivity index (χ2v) is 9.89. The summed E-state index contributed by atoms with van der Waals surface area (Å²) >= 11 is 1.60. The maximum Gasteiger partial charge on any atom is 0.490 e. The van der Waals surface area contributed by atoms with Crippen molar-refractivity contribution in [2.45, 2.75) is 69.2 Å². The number of thioether (sulfide) groups is 1. The summed E-state index contributed by atoms with van der Waals surface area (Å²) in [7, 11) is 0. The van der Waals surface area contributed by atoms with Crippen LogP contribution >= 0.6 is 11.8 Å². The molecule has 2 heterocycles. The Hall–Kier alpha value is -2.08. The molecule has 1 saturated carbocycles. The number of aliphatic carboxylic acids is 1. The number of hydrogen-bond acceptors (Lipinski definition) is 8. The molecule has 35 heavy (non-hydrogen) atoms. The lowest BCUT2D eigenvalue weighted by atomic mass is 9.95. The predicted molar refractivity (Wildman–Crippen MR) is 123 cm³/mol. The molecule has 10 nitrogen and oxygen atoms in total. The molecular weight excluding hydrogens is 489 g/mol. The Morgan fingerprint density at radius 2 is 1.74 bits per heavy atom. The minimum Gasteiger partial charge on any atom is -0.475 e. The van der Waals surface area contributed by atoms with Crippen molar-refractivity contribution in [1.29, 1.82) is 5.26 Å². The van der Waals surface area contributed by atoms with Gasteiger partial charge in [-0.25, -0.2) is 9.80 Å². The van der Waals surface area contributed by atoms with Crippen LogP contribution in [0.15, 0.2) is 0 Å². The van der Waals surface area contributed by atoms with Crippen LogP contribution in [0.3, 0.4) is 0 Å². The standard InChI is InChI=1S/C19H32N6O2S.C2HF3O2/c20-10-17-13-28-14-24(17)19(27)12-25(21)16-6-8-23(9-7-16)11-18(26)22-15-4-2-1-3-5-15;3-2(4,5)1(6)7/h15-17H,1-9,11-14,21H2,(H,22,26);(H,6,7)/t17-;/m1./s1. The summed E-state index contributed by atoms with van der Waals surface area (Å²) < 4.78 is 31.7. The normalized spacial score (nSPS) is 22.3. The third-order valence-electron chi connectivity index (χ3n) is 6.28. The molecule has 0 bridgehead atoms. The van der Waals surface area contributed by atoms with Crippen LogP contribution in [0, 0.1) is 11.3 Å². The van der Waals surface area contributed by atoms with E-state index in [0.717, 1.165) is 38.8 Å².